The quantitative estimate of drug-likeness (QED) is 0.0230. The number of Topliss-reactive ketones (excluding diaryl/α,β-unsaturated/α-hetero) is 2. The van der Waals surface area contributed by atoms with Crippen LogP contribution in [0.1, 0.15) is 239 Å². The first-order valence-electron chi connectivity index (χ1n) is 38.0. The first-order valence-corrected chi connectivity index (χ1v) is 41.3. The van der Waals surface area contributed by atoms with E-state index in [0.717, 1.165) is 237 Å². The molecule has 0 saturated heterocycles. The van der Waals surface area contributed by atoms with E-state index in [1.807, 2.05) is 24.3 Å². The number of thiophene rings is 4. The third-order valence-electron chi connectivity index (χ3n) is 22.5. The van der Waals surface area contributed by atoms with Crippen LogP contribution >= 0.6 is 45.3 Å². The van der Waals surface area contributed by atoms with Crippen molar-refractivity contribution in [2.75, 3.05) is 0 Å². The number of halogens is 4. The molecule has 15 rings (SSSR count). The third kappa shape index (κ3) is 12.6. The van der Waals surface area contributed by atoms with E-state index in [9.17, 15) is 30.6 Å². The summed E-state index contributed by atoms with van der Waals surface area (Å²) in [5.41, 5.74) is 12.8. The summed E-state index contributed by atoms with van der Waals surface area (Å²) < 4.78 is 64.5. The van der Waals surface area contributed by atoms with Crippen LogP contribution in [0.4, 0.5) is 17.6 Å². The van der Waals surface area contributed by atoms with Crippen molar-refractivity contribution < 1.29 is 27.2 Å². The fraction of sp³-hybridized carbons (Fsp3) is 0.277. The number of hydrogen-bond donors (Lipinski definition) is 0. The SMILES string of the molecule is CCCCCCc1ccc(C2(c3ccc(CCCCCC)cc3)c3cc4c(cc3-c3sc5cc(/C=C6\C(=O)c7cc(F)c(F)cc7C6=C(C#N)C#N)sc5c32)C(c2ccc(CCCCCC)cc2)(c2ccc(CCCCCC)cc2)c2c-4sc3cc(/C=C4/C(=O)c5cc(F)c(F)cc5C4=C(C#N)C#N)sc23)cc1. The highest BCUT2D eigenvalue weighted by molar-refractivity contribution is 7.31. The summed E-state index contributed by atoms with van der Waals surface area (Å²) in [6, 6.07) is 57.3. The normalized spacial score (nSPS) is 14.8. The van der Waals surface area contributed by atoms with Crippen molar-refractivity contribution in [3.8, 4) is 45.2 Å². The maximum absolute atomic E-state index is 15.2. The van der Waals surface area contributed by atoms with Crippen LogP contribution in [0.2, 0.25) is 0 Å². The molecule has 7 aromatic carbocycles. The Balaban J connectivity index is 1.01. The van der Waals surface area contributed by atoms with Crippen molar-refractivity contribution in [2.45, 2.75) is 167 Å². The number of nitriles is 4. The van der Waals surface area contributed by atoms with Crippen LogP contribution in [-0.2, 0) is 36.5 Å². The molecule has 0 aliphatic heterocycles. The molecule has 0 atom stereocenters. The van der Waals surface area contributed by atoms with Crippen LogP contribution < -0.4 is 0 Å². The minimum Gasteiger partial charge on any atom is -0.289 e. The molecule has 0 saturated carbocycles. The third-order valence-corrected chi connectivity index (χ3v) is 27.3. The summed E-state index contributed by atoms with van der Waals surface area (Å²) in [4.78, 5) is 32.7. The lowest BCUT2D eigenvalue weighted by molar-refractivity contribution is 0.103. The monoisotopic (exact) mass is 1500 g/mol. The molecule has 6 nitrogen and oxygen atoms in total. The predicted octanol–water partition coefficient (Wildman–Crippen LogP) is 26.2. The number of hydrogen-bond acceptors (Lipinski definition) is 10. The van der Waals surface area contributed by atoms with E-state index in [4.69, 9.17) is 0 Å². The van der Waals surface area contributed by atoms with Gasteiger partial charge in [0.2, 0.25) is 0 Å². The first-order chi connectivity index (χ1) is 52.7. The maximum atomic E-state index is 15.2. The summed E-state index contributed by atoms with van der Waals surface area (Å²) >= 11 is 6.40. The lowest BCUT2D eigenvalue weighted by atomic mass is 9.65. The molecule has 538 valence electrons. The zero-order valence-electron chi connectivity index (χ0n) is 60.9. The molecule has 11 aromatic rings. The van der Waals surface area contributed by atoms with Gasteiger partial charge in [0.25, 0.3) is 0 Å². The molecule has 108 heavy (non-hydrogen) atoms. The van der Waals surface area contributed by atoms with E-state index in [1.165, 1.54) is 44.9 Å². The fourth-order valence-corrected chi connectivity index (χ4v) is 22.6. The Bertz CT molecular complexity index is 5270. The zero-order chi connectivity index (χ0) is 75.1. The second kappa shape index (κ2) is 30.8. The van der Waals surface area contributed by atoms with Crippen LogP contribution in [0.5, 0.6) is 0 Å². The molecule has 0 fully saturated rings. The predicted molar refractivity (Wildman–Crippen MR) is 433 cm³/mol. The van der Waals surface area contributed by atoms with Gasteiger partial charge in [0, 0.05) is 73.5 Å². The fourth-order valence-electron chi connectivity index (χ4n) is 17.2. The molecule has 4 aliphatic carbocycles. The number of carbonyl (C=O) groups excluding carboxylic acids is 2. The van der Waals surface area contributed by atoms with Crippen molar-refractivity contribution in [1.82, 2.24) is 0 Å². The smallest absolute Gasteiger partial charge is 0.194 e. The summed E-state index contributed by atoms with van der Waals surface area (Å²) in [5.74, 6) is -6.03. The van der Waals surface area contributed by atoms with Crippen molar-refractivity contribution in [2.24, 2.45) is 0 Å². The zero-order valence-corrected chi connectivity index (χ0v) is 64.2. The van der Waals surface area contributed by atoms with Gasteiger partial charge >= 0.3 is 0 Å². The Hall–Kier alpha value is -10.2. The van der Waals surface area contributed by atoms with Gasteiger partial charge in [0.05, 0.1) is 20.2 Å². The van der Waals surface area contributed by atoms with Gasteiger partial charge < -0.3 is 0 Å². The topological polar surface area (TPSA) is 129 Å². The van der Waals surface area contributed by atoms with Crippen LogP contribution in [0.3, 0.4) is 0 Å². The van der Waals surface area contributed by atoms with E-state index < -0.39 is 45.7 Å². The van der Waals surface area contributed by atoms with Crippen LogP contribution in [0.25, 0.3) is 63.0 Å². The summed E-state index contributed by atoms with van der Waals surface area (Å²) in [6.07, 6.45) is 25.0. The van der Waals surface area contributed by atoms with E-state index in [0.29, 0.717) is 9.75 Å². The van der Waals surface area contributed by atoms with Crippen LogP contribution in [0, 0.1) is 68.6 Å². The second-order valence-electron chi connectivity index (χ2n) is 29.1. The highest BCUT2D eigenvalue weighted by atomic mass is 32.1. The molecule has 4 aromatic heterocycles. The average Bonchev–Trinajstić information content (AvgIpc) is 1.49. The van der Waals surface area contributed by atoms with Crippen molar-refractivity contribution in [3.05, 3.63) is 290 Å². The lowest BCUT2D eigenvalue weighted by Gasteiger charge is -2.36. The number of carbonyl (C=O) groups is 2. The number of benzene rings is 7. The summed E-state index contributed by atoms with van der Waals surface area (Å²) in [7, 11) is 0. The van der Waals surface area contributed by atoms with E-state index in [2.05, 4.69) is 149 Å². The van der Waals surface area contributed by atoms with Gasteiger partial charge in [-0.2, -0.15) is 21.0 Å². The maximum Gasteiger partial charge on any atom is 0.194 e. The number of ketones is 2. The molecule has 4 aliphatic rings. The molecule has 0 bridgehead atoms. The van der Waals surface area contributed by atoms with Crippen molar-refractivity contribution in [3.63, 3.8) is 0 Å². The molecular weight excluding hydrogens is 1420 g/mol. The standard InChI is InChI=1S/C94H78F4N4O2S4/c1-5-9-13-17-21-55-25-33-61(34-26-55)93(62-35-27-56(28-36-62)22-18-14-10-6-2)75-45-72-76(46-71(75)89-85(93)91-81(107-89)43-65(105-91)41-73-83(59(51-99)52-100)67-47-77(95)79(97)49-69(67)87(73)103)94(63-37-29-57(30-38-63)23-19-15-11-7-3,64-39-31-58(32-40-64)24-20-16-12-8-4)86-90(72)108-82-44-66(106-92(82)86)42-74-84(60(53-101)54-102)68-48-78(96)80(98)50-70(68)88(74)104/h25-50H,5-24H2,1-4H3/b73-41-,74-42+. The Morgan fingerprint density at radius 2 is 0.648 bits per heavy atom. The molecule has 0 radical (unpaired) electrons. The minimum atomic E-state index is -1.21. The van der Waals surface area contributed by atoms with E-state index in [-0.39, 0.29) is 55.7 Å². The first kappa shape index (κ1) is 73.4. The number of unbranched alkanes of at least 4 members (excludes halogenated alkanes) is 12. The largest absolute Gasteiger partial charge is 0.289 e. The molecule has 0 spiro atoms. The molecule has 4 heterocycles. The molecular formula is C94H78F4N4O2S4. The Labute approximate surface area is 644 Å². The van der Waals surface area contributed by atoms with Gasteiger partial charge in [-0.1, -0.05) is 202 Å². The van der Waals surface area contributed by atoms with Gasteiger partial charge in [-0.05, 0) is 190 Å². The van der Waals surface area contributed by atoms with Gasteiger partial charge in [-0.3, -0.25) is 9.59 Å². The van der Waals surface area contributed by atoms with Gasteiger partial charge in [0.15, 0.2) is 34.8 Å². The highest BCUT2D eigenvalue weighted by Gasteiger charge is 2.55. The number of aryl methyl sites for hydroxylation is 4. The van der Waals surface area contributed by atoms with E-state index >= 15 is 17.6 Å². The van der Waals surface area contributed by atoms with Crippen LogP contribution in [-0.4, -0.2) is 11.6 Å². The molecule has 0 unspecified atom stereocenters. The lowest BCUT2D eigenvalue weighted by Crippen LogP contribution is -2.30. The van der Waals surface area contributed by atoms with E-state index in [1.54, 1.807) is 34.8 Å². The number of fused-ring (bicyclic) bond motifs is 12. The van der Waals surface area contributed by atoms with Crippen molar-refractivity contribution >= 4 is 99.0 Å². The van der Waals surface area contributed by atoms with Gasteiger partial charge in [0.1, 0.15) is 35.4 Å². The van der Waals surface area contributed by atoms with Gasteiger partial charge in [-0.15, -0.1) is 45.3 Å². The summed E-state index contributed by atoms with van der Waals surface area (Å²) in [6.45, 7) is 8.91. The number of rotatable bonds is 26. The second-order valence-corrected chi connectivity index (χ2v) is 33.4. The Morgan fingerprint density at radius 1 is 0.361 bits per heavy atom. The molecule has 14 heteroatoms. The average molecular weight is 1500 g/mol. The Kier molecular flexibility index (Phi) is 20.9. The van der Waals surface area contributed by atoms with Gasteiger partial charge in [-0.25, -0.2) is 17.6 Å². The van der Waals surface area contributed by atoms with Crippen molar-refractivity contribution in [1.29, 1.82) is 21.0 Å². The Morgan fingerprint density at radius 3 is 0.926 bits per heavy atom. The number of allylic oxidation sites excluding steroid dienone is 6. The number of nitrogens with zero attached hydrogens (tertiary/aromatic N) is 4. The summed E-state index contributed by atoms with van der Waals surface area (Å²) in [5, 5.41) is 41.6. The highest BCUT2D eigenvalue weighted by Crippen LogP contribution is 2.68. The minimum absolute atomic E-state index is 0.00501. The molecule has 0 N–H and O–H groups in total. The van der Waals surface area contributed by atoms with Crippen LogP contribution in [0.15, 0.2) is 168 Å². The molecule has 0 amide bonds.